The first kappa shape index (κ1) is 15.4. The van der Waals surface area contributed by atoms with Crippen LogP contribution in [-0.4, -0.2) is 37.0 Å². The molecule has 0 bridgehead atoms. The molecule has 24 heavy (non-hydrogen) atoms. The van der Waals surface area contributed by atoms with Crippen molar-refractivity contribution in [2.24, 2.45) is 5.92 Å². The Balaban J connectivity index is 1.41. The van der Waals surface area contributed by atoms with Gasteiger partial charge in [0.25, 0.3) is 5.91 Å². The Kier molecular flexibility index (Phi) is 4.10. The average molecular weight is 325 g/mol. The first-order chi connectivity index (χ1) is 11.7. The van der Waals surface area contributed by atoms with E-state index in [0.717, 1.165) is 44.5 Å². The third kappa shape index (κ3) is 3.08. The Morgan fingerprint density at radius 3 is 2.75 bits per heavy atom. The normalized spacial score (nSPS) is 23.7. The predicted octanol–water partition coefficient (Wildman–Crippen LogP) is 1.39. The summed E-state index contributed by atoms with van der Waals surface area (Å²) < 4.78 is 0. The van der Waals surface area contributed by atoms with Gasteiger partial charge in [0, 0.05) is 18.3 Å². The fraction of sp³-hybridized carbons (Fsp3) is 0.474. The lowest BCUT2D eigenvalue weighted by atomic mass is 10.1. The van der Waals surface area contributed by atoms with Crippen molar-refractivity contribution in [1.29, 1.82) is 0 Å². The van der Waals surface area contributed by atoms with Gasteiger partial charge in [-0.15, -0.1) is 0 Å². The largest absolute Gasteiger partial charge is 0.348 e. The van der Waals surface area contributed by atoms with Gasteiger partial charge in [-0.05, 0) is 49.8 Å². The van der Waals surface area contributed by atoms with Gasteiger partial charge in [0.2, 0.25) is 5.91 Å². The van der Waals surface area contributed by atoms with Crippen molar-refractivity contribution in [3.05, 3.63) is 42.0 Å². The second-order valence-corrected chi connectivity index (χ2v) is 6.89. The molecular weight excluding hydrogens is 302 g/mol. The van der Waals surface area contributed by atoms with Gasteiger partial charge in [-0.25, -0.2) is 0 Å². The minimum absolute atomic E-state index is 0.00150. The lowest BCUT2D eigenvalue weighted by Crippen LogP contribution is -2.55. The first-order valence-corrected chi connectivity index (χ1v) is 8.84. The van der Waals surface area contributed by atoms with Crippen molar-refractivity contribution in [1.82, 2.24) is 10.6 Å². The second kappa shape index (κ2) is 6.40. The molecular formula is C19H23N3O2. The summed E-state index contributed by atoms with van der Waals surface area (Å²) in [5.74, 6) is 0.535. The predicted molar refractivity (Wildman–Crippen MR) is 92.7 cm³/mol. The second-order valence-electron chi connectivity index (χ2n) is 6.89. The molecule has 3 aliphatic rings. The van der Waals surface area contributed by atoms with E-state index in [9.17, 15) is 9.59 Å². The molecule has 2 N–H and O–H groups in total. The monoisotopic (exact) mass is 325 g/mol. The third-order valence-corrected chi connectivity index (χ3v) is 5.18. The number of amides is 2. The zero-order chi connectivity index (χ0) is 16.5. The van der Waals surface area contributed by atoms with E-state index in [4.69, 9.17) is 0 Å². The van der Waals surface area contributed by atoms with Crippen LogP contribution in [0.5, 0.6) is 0 Å². The molecule has 2 heterocycles. The summed E-state index contributed by atoms with van der Waals surface area (Å²) in [4.78, 5) is 26.5. The Bertz CT molecular complexity index is 677. The van der Waals surface area contributed by atoms with Gasteiger partial charge in [0.1, 0.15) is 0 Å². The maximum Gasteiger partial charge on any atom is 0.250 e. The molecule has 1 aromatic carbocycles. The van der Waals surface area contributed by atoms with Crippen molar-refractivity contribution >= 4 is 17.5 Å². The van der Waals surface area contributed by atoms with Crippen LogP contribution in [0.2, 0.25) is 0 Å². The highest BCUT2D eigenvalue weighted by Gasteiger charge is 2.34. The van der Waals surface area contributed by atoms with Crippen LogP contribution in [0, 0.1) is 5.92 Å². The number of fused-ring (bicyclic) bond motifs is 1. The van der Waals surface area contributed by atoms with E-state index in [0.29, 0.717) is 5.92 Å². The number of carbonyl (C=O) groups is 2. The third-order valence-electron chi connectivity index (χ3n) is 5.18. The van der Waals surface area contributed by atoms with Crippen LogP contribution >= 0.6 is 0 Å². The molecule has 2 fully saturated rings. The van der Waals surface area contributed by atoms with Gasteiger partial charge in [-0.2, -0.15) is 0 Å². The maximum atomic E-state index is 12.6. The SMILES string of the molecule is O=C(N[C@H](C=CC(=O)N1CCc2ccccc21)C1CC1)[C@@H]1CCN1. The van der Waals surface area contributed by atoms with E-state index < -0.39 is 0 Å². The molecule has 2 aliphatic heterocycles. The van der Waals surface area contributed by atoms with Crippen LogP contribution in [0.3, 0.4) is 0 Å². The topological polar surface area (TPSA) is 61.4 Å². The van der Waals surface area contributed by atoms with Gasteiger partial charge in [0.15, 0.2) is 0 Å². The number of carbonyl (C=O) groups excluding carboxylic acids is 2. The molecule has 1 aliphatic carbocycles. The van der Waals surface area contributed by atoms with Crippen molar-refractivity contribution in [2.45, 2.75) is 37.8 Å². The molecule has 1 saturated carbocycles. The van der Waals surface area contributed by atoms with Crippen molar-refractivity contribution < 1.29 is 9.59 Å². The number of hydrogen-bond donors (Lipinski definition) is 2. The number of para-hydroxylation sites is 1. The summed E-state index contributed by atoms with van der Waals surface area (Å²) in [7, 11) is 0. The van der Waals surface area contributed by atoms with Gasteiger partial charge in [0.05, 0.1) is 12.1 Å². The quantitative estimate of drug-likeness (QED) is 0.804. The molecule has 126 valence electrons. The summed E-state index contributed by atoms with van der Waals surface area (Å²) in [5.41, 5.74) is 2.24. The average Bonchev–Trinajstić information content (AvgIpc) is 3.28. The van der Waals surface area contributed by atoms with E-state index in [1.54, 1.807) is 6.08 Å². The van der Waals surface area contributed by atoms with Crippen molar-refractivity contribution in [3.8, 4) is 0 Å². The highest BCUT2D eigenvalue weighted by molar-refractivity contribution is 6.03. The summed E-state index contributed by atoms with van der Waals surface area (Å²) in [6.45, 7) is 1.64. The maximum absolute atomic E-state index is 12.6. The van der Waals surface area contributed by atoms with Crippen molar-refractivity contribution in [3.63, 3.8) is 0 Å². The number of anilines is 1. The zero-order valence-corrected chi connectivity index (χ0v) is 13.7. The summed E-state index contributed by atoms with van der Waals surface area (Å²) in [6.07, 6.45) is 7.57. The summed E-state index contributed by atoms with van der Waals surface area (Å²) >= 11 is 0. The minimum atomic E-state index is -0.0548. The molecule has 0 spiro atoms. The van der Waals surface area contributed by atoms with E-state index >= 15 is 0 Å². The van der Waals surface area contributed by atoms with Gasteiger partial charge in [-0.3, -0.25) is 9.59 Å². The Morgan fingerprint density at radius 2 is 2.04 bits per heavy atom. The van der Waals surface area contributed by atoms with Crippen LogP contribution < -0.4 is 15.5 Å². The first-order valence-electron chi connectivity index (χ1n) is 8.84. The molecule has 4 rings (SSSR count). The molecule has 0 radical (unpaired) electrons. The van der Waals surface area contributed by atoms with E-state index in [-0.39, 0.29) is 23.9 Å². The number of rotatable bonds is 5. The smallest absolute Gasteiger partial charge is 0.250 e. The lowest BCUT2D eigenvalue weighted by Gasteiger charge is -2.28. The Morgan fingerprint density at radius 1 is 1.25 bits per heavy atom. The number of nitrogens with one attached hydrogen (secondary N) is 2. The molecule has 1 saturated heterocycles. The fourth-order valence-electron chi connectivity index (χ4n) is 3.40. The lowest BCUT2D eigenvalue weighted by molar-refractivity contribution is -0.125. The Hall–Kier alpha value is -2.14. The zero-order valence-electron chi connectivity index (χ0n) is 13.7. The summed E-state index contributed by atoms with van der Waals surface area (Å²) in [5, 5.41) is 6.21. The van der Waals surface area contributed by atoms with Crippen LogP contribution in [0.4, 0.5) is 5.69 Å². The van der Waals surface area contributed by atoms with Gasteiger partial charge in [-0.1, -0.05) is 24.3 Å². The van der Waals surface area contributed by atoms with E-state index in [1.165, 1.54) is 5.56 Å². The van der Waals surface area contributed by atoms with Crippen LogP contribution in [0.15, 0.2) is 36.4 Å². The fourth-order valence-corrected chi connectivity index (χ4v) is 3.40. The van der Waals surface area contributed by atoms with Crippen LogP contribution in [-0.2, 0) is 16.0 Å². The van der Waals surface area contributed by atoms with Crippen LogP contribution in [0.25, 0.3) is 0 Å². The number of nitrogens with zero attached hydrogens (tertiary/aromatic N) is 1. The standard InChI is InChI=1S/C19H23N3O2/c23-18(22-12-10-14-3-1-2-4-17(14)22)8-7-15(13-5-6-13)21-19(24)16-9-11-20-16/h1-4,7-8,13,15-16,20H,5-6,9-12H2,(H,21,24)/t15-,16+/m1/s1. The summed E-state index contributed by atoms with van der Waals surface area (Å²) in [6, 6.07) is 7.97. The Labute approximate surface area is 142 Å². The van der Waals surface area contributed by atoms with Crippen LogP contribution in [0.1, 0.15) is 24.8 Å². The molecule has 1 aromatic rings. The molecule has 0 unspecified atom stereocenters. The minimum Gasteiger partial charge on any atom is -0.348 e. The van der Waals surface area contributed by atoms with Gasteiger partial charge < -0.3 is 15.5 Å². The van der Waals surface area contributed by atoms with Crippen molar-refractivity contribution in [2.75, 3.05) is 18.0 Å². The highest BCUT2D eigenvalue weighted by Crippen LogP contribution is 2.33. The number of hydrogen-bond acceptors (Lipinski definition) is 3. The molecule has 5 nitrogen and oxygen atoms in total. The molecule has 2 atom stereocenters. The van der Waals surface area contributed by atoms with Gasteiger partial charge >= 0.3 is 0 Å². The molecule has 0 aromatic heterocycles. The highest BCUT2D eigenvalue weighted by atomic mass is 16.2. The molecule has 2 amide bonds. The van der Waals surface area contributed by atoms with E-state index in [2.05, 4.69) is 16.7 Å². The molecule has 5 heteroatoms. The van der Waals surface area contributed by atoms with E-state index in [1.807, 2.05) is 29.2 Å². The number of benzene rings is 1.